The van der Waals surface area contributed by atoms with Crippen LogP contribution in [0.5, 0.6) is 0 Å². The van der Waals surface area contributed by atoms with Crippen LogP contribution in [-0.2, 0) is 12.4 Å². The third-order valence-electron chi connectivity index (χ3n) is 9.21. The normalized spacial score (nSPS) is 10.3. The molecule has 380 valence electrons. The van der Waals surface area contributed by atoms with Crippen LogP contribution in [0.2, 0.25) is 0 Å². The molecule has 17 heteroatoms. The average molecular weight is 1010 g/mol. The van der Waals surface area contributed by atoms with Gasteiger partial charge in [-0.15, -0.1) is 0 Å². The first-order valence-electron chi connectivity index (χ1n) is 20.7. The number of hydrogen-bond acceptors (Lipinski definition) is 1. The van der Waals surface area contributed by atoms with Crippen molar-refractivity contribution in [3.63, 3.8) is 0 Å². The lowest BCUT2D eigenvalue weighted by atomic mass is 10.1. The minimum atomic E-state index is -4.23. The number of alkyl halides is 6. The number of aryl methyl sites for hydroxylation is 10. The summed E-state index contributed by atoms with van der Waals surface area (Å²) in [5.74, 6) is -5.27. The monoisotopic (exact) mass is 1010 g/mol. The summed E-state index contributed by atoms with van der Waals surface area (Å²) in [6.07, 6.45) is -8.45. The Balaban J connectivity index is 0.000000416. The van der Waals surface area contributed by atoms with E-state index in [0.29, 0.717) is 33.4 Å². The minimum absolute atomic E-state index is 0.124. The lowest BCUT2D eigenvalue weighted by Crippen LogP contribution is -2.05. The molecule has 71 heavy (non-hydrogen) atoms. The van der Waals surface area contributed by atoms with Crippen LogP contribution in [0.1, 0.15) is 66.8 Å². The van der Waals surface area contributed by atoms with Crippen LogP contribution in [0.25, 0.3) is 4.85 Å². The Morgan fingerprint density at radius 2 is 0.859 bits per heavy atom. The van der Waals surface area contributed by atoms with Crippen LogP contribution in [0, 0.1) is 128 Å². The van der Waals surface area contributed by atoms with Gasteiger partial charge in [-0.2, -0.15) is 40.1 Å². The Bertz CT molecular complexity index is 2670. The fourth-order valence-electron chi connectivity index (χ4n) is 5.34. The molecule has 1 aromatic heterocycles. The number of benzene rings is 6. The molecule has 0 aliphatic carbocycles. The van der Waals surface area contributed by atoms with Crippen molar-refractivity contribution in [2.24, 2.45) is 0 Å². The molecule has 0 saturated carbocycles. The van der Waals surface area contributed by atoms with E-state index in [2.05, 4.69) is 9.83 Å². The molecule has 7 aromatic rings. The largest absolute Gasteiger partial charge is 0.416 e. The molecule has 0 aliphatic rings. The van der Waals surface area contributed by atoms with Crippen LogP contribution in [0.3, 0.4) is 0 Å². The van der Waals surface area contributed by atoms with Crippen molar-refractivity contribution in [1.29, 1.82) is 0 Å². The SMILES string of the molecule is Cc1cc(C)cc(C(F)(F)F)c1.Cc1cc(F)cc(F)c1.Cc1ccc(C(F)(F)F)cc1C.Cc1ccc(F)c(C)c1.Cc1ccc(F)cc1F.Cc1ccc(F)nc1F.[C-]#[N+]c1c(F)ccc(C)c1F. The first-order valence-corrected chi connectivity index (χ1v) is 20.7. The van der Waals surface area contributed by atoms with Gasteiger partial charge in [-0.25, -0.2) is 35.6 Å². The van der Waals surface area contributed by atoms with Crippen molar-refractivity contribution < 1.29 is 65.9 Å². The number of aromatic nitrogens is 1. The van der Waals surface area contributed by atoms with Gasteiger partial charge in [0.2, 0.25) is 11.9 Å². The zero-order valence-corrected chi connectivity index (χ0v) is 40.0. The maximum atomic E-state index is 12.8. The van der Waals surface area contributed by atoms with Gasteiger partial charge in [0.15, 0.2) is 0 Å². The maximum absolute atomic E-state index is 12.8. The predicted octanol–water partition coefficient (Wildman–Crippen LogP) is 18.1. The molecule has 0 fully saturated rings. The Kier molecular flexibility index (Phi) is 24.9. The Labute approximate surface area is 403 Å². The molecule has 0 aliphatic heterocycles. The van der Waals surface area contributed by atoms with E-state index in [4.69, 9.17) is 6.57 Å². The molecule has 0 atom stereocenters. The van der Waals surface area contributed by atoms with Crippen LogP contribution in [0.4, 0.5) is 71.5 Å². The molecule has 0 amide bonds. The molecule has 6 aromatic carbocycles. The van der Waals surface area contributed by atoms with E-state index in [1.807, 2.05) is 13.0 Å². The quantitative estimate of drug-likeness (QED) is 0.0841. The standard InChI is InChI=1S/2C9H9F3.C8H5F2N.C8H9F.2C7H6F2.C6H5F2N/c1-6-3-7(2)5-8(4-6)9(10,11)12;1-6-3-4-8(5-7(6)2)9(10,11)12;1-5-3-4-6(9)8(11-2)7(5)10;1-6-3-4-8(9)7(2)5-6;1-5-2-6(8)4-7(9)3-5;1-5-2-3-6(8)4-7(5)9;1-4-2-3-5(7)9-6(4)8/h2*3-5H,1-2H3;3-4H,1H3;3-5H,1-2H3;2*2-4H,1H3;2-3H,1H3. The zero-order chi connectivity index (χ0) is 54.6. The van der Waals surface area contributed by atoms with E-state index < -0.39 is 76.0 Å². The third kappa shape index (κ3) is 23.4. The number of hydrogen-bond donors (Lipinski definition) is 0. The van der Waals surface area contributed by atoms with Gasteiger partial charge >= 0.3 is 12.4 Å². The van der Waals surface area contributed by atoms with E-state index in [0.717, 1.165) is 65.2 Å². The first kappa shape index (κ1) is 61.9. The Morgan fingerprint density at radius 3 is 1.27 bits per heavy atom. The first-order chi connectivity index (χ1) is 32.7. The van der Waals surface area contributed by atoms with Crippen LogP contribution >= 0.6 is 0 Å². The summed E-state index contributed by atoms with van der Waals surface area (Å²) >= 11 is 0. The predicted molar refractivity (Wildman–Crippen MR) is 246 cm³/mol. The number of pyridine rings is 1. The molecule has 0 N–H and O–H groups in total. The van der Waals surface area contributed by atoms with Crippen molar-refractivity contribution in [2.75, 3.05) is 0 Å². The van der Waals surface area contributed by atoms with E-state index in [1.165, 1.54) is 62.4 Å². The smallest absolute Gasteiger partial charge is 0.232 e. The van der Waals surface area contributed by atoms with Crippen LogP contribution in [0.15, 0.2) is 115 Å². The second-order valence-corrected chi connectivity index (χ2v) is 15.6. The summed E-state index contributed by atoms with van der Waals surface area (Å²) in [4.78, 5) is 5.67. The summed E-state index contributed by atoms with van der Waals surface area (Å²) in [6, 6.07) is 24.6. The van der Waals surface area contributed by atoms with Gasteiger partial charge in [0, 0.05) is 17.7 Å². The van der Waals surface area contributed by atoms with Crippen LogP contribution < -0.4 is 0 Å². The van der Waals surface area contributed by atoms with Crippen molar-refractivity contribution in [3.8, 4) is 0 Å². The van der Waals surface area contributed by atoms with Gasteiger partial charge in [-0.05, 0) is 163 Å². The van der Waals surface area contributed by atoms with Gasteiger partial charge in [-0.1, -0.05) is 59.2 Å². The number of rotatable bonds is 0. The van der Waals surface area contributed by atoms with Gasteiger partial charge < -0.3 is 0 Å². The third-order valence-corrected chi connectivity index (χ3v) is 9.21. The van der Waals surface area contributed by atoms with Gasteiger partial charge in [0.25, 0.3) is 5.69 Å². The maximum Gasteiger partial charge on any atom is 0.416 e. The summed E-state index contributed by atoms with van der Waals surface area (Å²) in [7, 11) is 0. The molecule has 0 bridgehead atoms. The van der Waals surface area contributed by atoms with Crippen molar-refractivity contribution in [1.82, 2.24) is 4.98 Å². The highest BCUT2D eigenvalue weighted by Gasteiger charge is 2.31. The molecule has 1 heterocycles. The molecule has 0 saturated heterocycles. The Morgan fingerprint density at radius 1 is 0.366 bits per heavy atom. The Hall–Kier alpha value is -7.09. The fourth-order valence-corrected chi connectivity index (χ4v) is 5.34. The summed E-state index contributed by atoms with van der Waals surface area (Å²) < 4.78 is 184. The average Bonchev–Trinajstić information content (AvgIpc) is 3.25. The number of nitrogens with zero attached hydrogens (tertiary/aromatic N) is 2. The highest BCUT2D eigenvalue weighted by Crippen LogP contribution is 2.31. The lowest BCUT2D eigenvalue weighted by Gasteiger charge is -2.08. The molecule has 0 radical (unpaired) electrons. The molecule has 2 nitrogen and oxygen atoms in total. The topological polar surface area (TPSA) is 17.2 Å². The van der Waals surface area contributed by atoms with E-state index in [1.54, 1.807) is 60.6 Å². The van der Waals surface area contributed by atoms with E-state index in [9.17, 15) is 65.9 Å². The summed E-state index contributed by atoms with van der Waals surface area (Å²) in [5.41, 5.74) is 4.70. The van der Waals surface area contributed by atoms with Gasteiger partial charge in [-0.3, -0.25) is 0 Å². The molecular weight excluding hydrogens is 962 g/mol. The molecule has 0 unspecified atom stereocenters. The fraction of sp³-hybridized carbons (Fsp3) is 0.222. The van der Waals surface area contributed by atoms with Crippen molar-refractivity contribution in [2.45, 2.75) is 81.6 Å². The second-order valence-electron chi connectivity index (χ2n) is 15.6. The van der Waals surface area contributed by atoms with Crippen molar-refractivity contribution in [3.05, 3.63) is 246 Å². The zero-order valence-electron chi connectivity index (χ0n) is 40.0. The van der Waals surface area contributed by atoms with Crippen LogP contribution in [-0.4, -0.2) is 4.98 Å². The molecule has 0 spiro atoms. The molecular formula is C54H49F15N2. The highest BCUT2D eigenvalue weighted by molar-refractivity contribution is 5.49. The second kappa shape index (κ2) is 28.5. The summed E-state index contributed by atoms with van der Waals surface area (Å²) in [6.45, 7) is 23.2. The van der Waals surface area contributed by atoms with Crippen molar-refractivity contribution >= 4 is 5.69 Å². The lowest BCUT2D eigenvalue weighted by molar-refractivity contribution is -0.138. The van der Waals surface area contributed by atoms with E-state index >= 15 is 0 Å². The summed E-state index contributed by atoms with van der Waals surface area (Å²) in [5, 5.41) is 0. The highest BCUT2D eigenvalue weighted by atomic mass is 19.4. The van der Waals surface area contributed by atoms with Gasteiger partial charge in [0.05, 0.1) is 17.7 Å². The van der Waals surface area contributed by atoms with E-state index in [-0.39, 0.29) is 11.4 Å². The minimum Gasteiger partial charge on any atom is -0.232 e. The molecule has 7 rings (SSSR count). The van der Waals surface area contributed by atoms with Gasteiger partial charge in [0.1, 0.15) is 40.7 Å². The number of halogens is 15.